The minimum Gasteiger partial charge on any atom is -0.497 e. The quantitative estimate of drug-likeness (QED) is 0.448. The van der Waals surface area contributed by atoms with Crippen molar-refractivity contribution in [2.75, 3.05) is 14.2 Å². The summed E-state index contributed by atoms with van der Waals surface area (Å²) in [6, 6.07) is 5.20. The summed E-state index contributed by atoms with van der Waals surface area (Å²) in [5.41, 5.74) is 2.94. The molecular formula is C15H21N3O4. The van der Waals surface area contributed by atoms with Crippen molar-refractivity contribution >= 4 is 18.0 Å². The van der Waals surface area contributed by atoms with E-state index in [1.54, 1.807) is 25.3 Å². The Labute approximate surface area is 129 Å². The normalized spacial score (nSPS) is 10.6. The van der Waals surface area contributed by atoms with E-state index in [4.69, 9.17) is 9.47 Å². The summed E-state index contributed by atoms with van der Waals surface area (Å²) in [4.78, 5) is 23.0. The Morgan fingerprint density at radius 3 is 2.55 bits per heavy atom. The topological polar surface area (TPSA) is 89.0 Å². The molecule has 2 amide bonds. The average molecular weight is 307 g/mol. The Bertz CT molecular complexity index is 556. The van der Waals surface area contributed by atoms with Crippen molar-refractivity contribution in [2.24, 2.45) is 5.10 Å². The predicted molar refractivity (Wildman–Crippen MR) is 83.2 cm³/mol. The number of carbonyl (C=O) groups is 2. The fraction of sp³-hybridized carbons (Fsp3) is 0.400. The molecule has 0 fully saturated rings. The first-order valence-electron chi connectivity index (χ1n) is 6.79. The Balaban J connectivity index is 2.61. The van der Waals surface area contributed by atoms with Gasteiger partial charge in [0.15, 0.2) is 0 Å². The fourth-order valence-corrected chi connectivity index (χ4v) is 1.67. The molecule has 0 spiro atoms. The van der Waals surface area contributed by atoms with Gasteiger partial charge < -0.3 is 14.8 Å². The number of nitrogens with one attached hydrogen (secondary N) is 2. The highest BCUT2D eigenvalue weighted by molar-refractivity contribution is 5.97. The van der Waals surface area contributed by atoms with E-state index in [9.17, 15) is 9.59 Å². The SMILES string of the molecule is COc1ccc(OC)c(C=NNC(=O)CC(=O)NC(C)C)c1. The number of methoxy groups -OCH3 is 2. The second-order valence-corrected chi connectivity index (χ2v) is 4.80. The van der Waals surface area contributed by atoms with Gasteiger partial charge in [-0.15, -0.1) is 0 Å². The van der Waals surface area contributed by atoms with E-state index in [1.165, 1.54) is 13.3 Å². The third kappa shape index (κ3) is 5.82. The van der Waals surface area contributed by atoms with Crippen molar-refractivity contribution in [3.05, 3.63) is 23.8 Å². The molecule has 1 aromatic rings. The van der Waals surface area contributed by atoms with Gasteiger partial charge in [0.25, 0.3) is 0 Å². The number of rotatable bonds is 7. The van der Waals surface area contributed by atoms with Crippen LogP contribution in [-0.2, 0) is 9.59 Å². The molecule has 0 aromatic heterocycles. The van der Waals surface area contributed by atoms with E-state index in [0.29, 0.717) is 17.1 Å². The molecule has 1 rings (SSSR count). The second-order valence-electron chi connectivity index (χ2n) is 4.80. The molecule has 120 valence electrons. The zero-order valence-corrected chi connectivity index (χ0v) is 13.2. The van der Waals surface area contributed by atoms with Crippen LogP contribution in [-0.4, -0.2) is 38.3 Å². The highest BCUT2D eigenvalue weighted by atomic mass is 16.5. The molecule has 1 aromatic carbocycles. The summed E-state index contributed by atoms with van der Waals surface area (Å²) in [6.45, 7) is 3.64. The predicted octanol–water partition coefficient (Wildman–Crippen LogP) is 1.07. The maximum absolute atomic E-state index is 11.6. The first-order valence-corrected chi connectivity index (χ1v) is 6.79. The van der Waals surface area contributed by atoms with Gasteiger partial charge in [-0.3, -0.25) is 9.59 Å². The molecule has 0 saturated carbocycles. The van der Waals surface area contributed by atoms with E-state index >= 15 is 0 Å². The largest absolute Gasteiger partial charge is 0.497 e. The lowest BCUT2D eigenvalue weighted by Crippen LogP contribution is -2.34. The number of nitrogens with zero attached hydrogens (tertiary/aromatic N) is 1. The number of hydrogen-bond acceptors (Lipinski definition) is 5. The van der Waals surface area contributed by atoms with Crippen LogP contribution in [0, 0.1) is 0 Å². The van der Waals surface area contributed by atoms with Gasteiger partial charge in [-0.05, 0) is 32.0 Å². The Morgan fingerprint density at radius 1 is 1.23 bits per heavy atom. The molecule has 7 heteroatoms. The smallest absolute Gasteiger partial charge is 0.249 e. The molecule has 0 aliphatic heterocycles. The molecule has 2 N–H and O–H groups in total. The Morgan fingerprint density at radius 2 is 1.95 bits per heavy atom. The van der Waals surface area contributed by atoms with Gasteiger partial charge in [0.2, 0.25) is 11.8 Å². The molecule has 0 unspecified atom stereocenters. The highest BCUT2D eigenvalue weighted by Gasteiger charge is 2.09. The molecule has 0 aliphatic rings. The summed E-state index contributed by atoms with van der Waals surface area (Å²) in [5, 5.41) is 6.44. The van der Waals surface area contributed by atoms with Crippen LogP contribution < -0.4 is 20.2 Å². The summed E-state index contributed by atoms with van der Waals surface area (Å²) >= 11 is 0. The van der Waals surface area contributed by atoms with Crippen molar-refractivity contribution in [3.63, 3.8) is 0 Å². The number of amides is 2. The lowest BCUT2D eigenvalue weighted by Gasteiger charge is -2.07. The molecule has 0 heterocycles. The average Bonchev–Trinajstić information content (AvgIpc) is 2.46. The van der Waals surface area contributed by atoms with Crippen LogP contribution in [0.4, 0.5) is 0 Å². The maximum Gasteiger partial charge on any atom is 0.249 e. The Kier molecular flexibility index (Phi) is 6.88. The van der Waals surface area contributed by atoms with Gasteiger partial charge in [-0.1, -0.05) is 0 Å². The van der Waals surface area contributed by atoms with E-state index in [2.05, 4.69) is 15.8 Å². The Hall–Kier alpha value is -2.57. The highest BCUT2D eigenvalue weighted by Crippen LogP contribution is 2.22. The molecule has 0 radical (unpaired) electrons. The lowest BCUT2D eigenvalue weighted by molar-refractivity contribution is -0.129. The molecule has 0 aliphatic carbocycles. The number of hydrogen-bond donors (Lipinski definition) is 2. The first-order chi connectivity index (χ1) is 10.5. The van der Waals surface area contributed by atoms with Crippen molar-refractivity contribution in [1.82, 2.24) is 10.7 Å². The number of hydrazone groups is 1. The van der Waals surface area contributed by atoms with Gasteiger partial charge in [-0.25, -0.2) is 5.43 Å². The van der Waals surface area contributed by atoms with Gasteiger partial charge >= 0.3 is 0 Å². The molecular weight excluding hydrogens is 286 g/mol. The van der Waals surface area contributed by atoms with Crippen LogP contribution in [0.3, 0.4) is 0 Å². The molecule has 22 heavy (non-hydrogen) atoms. The molecule has 0 bridgehead atoms. The van der Waals surface area contributed by atoms with Crippen molar-refractivity contribution < 1.29 is 19.1 Å². The van der Waals surface area contributed by atoms with Crippen LogP contribution in [0.5, 0.6) is 11.5 Å². The summed E-state index contributed by atoms with van der Waals surface area (Å²) in [6.07, 6.45) is 1.16. The molecule has 7 nitrogen and oxygen atoms in total. The summed E-state index contributed by atoms with van der Waals surface area (Å²) in [7, 11) is 3.09. The molecule has 0 atom stereocenters. The lowest BCUT2D eigenvalue weighted by atomic mass is 10.2. The minimum atomic E-state index is -0.490. The maximum atomic E-state index is 11.6. The van der Waals surface area contributed by atoms with E-state index in [0.717, 1.165) is 0 Å². The van der Waals surface area contributed by atoms with Crippen molar-refractivity contribution in [3.8, 4) is 11.5 Å². The third-order valence-electron chi connectivity index (χ3n) is 2.60. The van der Waals surface area contributed by atoms with Crippen LogP contribution in [0.15, 0.2) is 23.3 Å². The number of ether oxygens (including phenoxy) is 2. The van der Waals surface area contributed by atoms with Crippen molar-refractivity contribution in [2.45, 2.75) is 26.3 Å². The van der Waals surface area contributed by atoms with Crippen LogP contribution in [0.25, 0.3) is 0 Å². The van der Waals surface area contributed by atoms with Crippen LogP contribution >= 0.6 is 0 Å². The van der Waals surface area contributed by atoms with Gasteiger partial charge in [0, 0.05) is 11.6 Å². The third-order valence-corrected chi connectivity index (χ3v) is 2.60. The van der Waals surface area contributed by atoms with Gasteiger partial charge in [0.1, 0.15) is 17.9 Å². The first kappa shape index (κ1) is 17.5. The fourth-order valence-electron chi connectivity index (χ4n) is 1.67. The minimum absolute atomic E-state index is 0.00940. The zero-order valence-electron chi connectivity index (χ0n) is 13.2. The van der Waals surface area contributed by atoms with Crippen LogP contribution in [0.1, 0.15) is 25.8 Å². The second kappa shape index (κ2) is 8.66. The monoisotopic (exact) mass is 307 g/mol. The van der Waals surface area contributed by atoms with Crippen molar-refractivity contribution in [1.29, 1.82) is 0 Å². The van der Waals surface area contributed by atoms with Gasteiger partial charge in [-0.2, -0.15) is 5.10 Å². The summed E-state index contributed by atoms with van der Waals surface area (Å²) < 4.78 is 10.3. The van der Waals surface area contributed by atoms with E-state index in [1.807, 2.05) is 13.8 Å². The van der Waals surface area contributed by atoms with Crippen LogP contribution in [0.2, 0.25) is 0 Å². The van der Waals surface area contributed by atoms with E-state index in [-0.39, 0.29) is 18.4 Å². The number of carbonyl (C=O) groups excluding carboxylic acids is 2. The van der Waals surface area contributed by atoms with Gasteiger partial charge in [0.05, 0.1) is 20.4 Å². The standard InChI is InChI=1S/C15H21N3O4/c1-10(2)17-14(19)8-15(20)18-16-9-11-7-12(21-3)5-6-13(11)22-4/h5-7,9-10H,8H2,1-4H3,(H,17,19)(H,18,20). The summed E-state index contributed by atoms with van der Waals surface area (Å²) in [5.74, 6) is 0.402. The number of benzene rings is 1. The zero-order chi connectivity index (χ0) is 16.5. The van der Waals surface area contributed by atoms with E-state index < -0.39 is 5.91 Å². The molecule has 0 saturated heterocycles.